The Bertz CT molecular complexity index is 169. The predicted molar refractivity (Wildman–Crippen MR) is 38.1 cm³/mol. The molecule has 0 amide bonds. The zero-order valence-corrected chi connectivity index (χ0v) is 5.17. The number of hydrogen-bond donors (Lipinski definition) is 0. The molecule has 0 saturated heterocycles. The summed E-state index contributed by atoms with van der Waals surface area (Å²) in [6.45, 7) is 0.465. The van der Waals surface area contributed by atoms with E-state index in [0.29, 0.717) is 6.67 Å². The van der Waals surface area contributed by atoms with Crippen molar-refractivity contribution in [3.63, 3.8) is 0 Å². The molecule has 0 aromatic rings. The summed E-state index contributed by atoms with van der Waals surface area (Å²) in [7, 11) is 0. The highest BCUT2D eigenvalue weighted by molar-refractivity contribution is 5.54. The Morgan fingerprint density at radius 2 is 1.56 bits per heavy atom. The standard InChI is InChI=1S/C7H8N2/c1-2-4-6-9-7-8-5-3-1/h3-4H,1-2,7H2. The van der Waals surface area contributed by atoms with E-state index >= 15 is 0 Å². The highest BCUT2D eigenvalue weighted by atomic mass is 14.9. The van der Waals surface area contributed by atoms with Crippen molar-refractivity contribution in [2.75, 3.05) is 6.67 Å². The van der Waals surface area contributed by atoms with Crippen molar-refractivity contribution < 1.29 is 0 Å². The quantitative estimate of drug-likeness (QED) is 0.458. The van der Waals surface area contributed by atoms with Crippen LogP contribution in [0, 0.1) is 0 Å². The Labute approximate surface area is 54.3 Å². The Hall–Kier alpha value is -1.10. The second-order valence-electron chi connectivity index (χ2n) is 1.70. The van der Waals surface area contributed by atoms with Gasteiger partial charge < -0.3 is 0 Å². The first-order valence-electron chi connectivity index (χ1n) is 2.97. The van der Waals surface area contributed by atoms with E-state index in [0.717, 1.165) is 12.8 Å². The van der Waals surface area contributed by atoms with Gasteiger partial charge in [-0.1, -0.05) is 0 Å². The predicted octanol–water partition coefficient (Wildman–Crippen LogP) is 1.19. The minimum absolute atomic E-state index is 0.465. The molecule has 46 valence electrons. The van der Waals surface area contributed by atoms with E-state index in [1.807, 2.05) is 12.2 Å². The molecule has 0 spiro atoms. The highest BCUT2D eigenvalue weighted by Crippen LogP contribution is 1.88. The van der Waals surface area contributed by atoms with Crippen molar-refractivity contribution in [3.8, 4) is 0 Å². The second kappa shape index (κ2) is 3.85. The van der Waals surface area contributed by atoms with Gasteiger partial charge in [0.05, 0.1) is 0 Å². The van der Waals surface area contributed by atoms with Gasteiger partial charge in [0.2, 0.25) is 0 Å². The lowest BCUT2D eigenvalue weighted by molar-refractivity contribution is 1.07. The third kappa shape index (κ3) is 2.65. The summed E-state index contributed by atoms with van der Waals surface area (Å²) in [5.74, 6) is 5.55. The molecule has 0 fully saturated rings. The lowest BCUT2D eigenvalue weighted by Gasteiger charge is -1.75. The maximum Gasteiger partial charge on any atom is 0.148 e. The van der Waals surface area contributed by atoms with Gasteiger partial charge >= 0.3 is 0 Å². The molecule has 0 aliphatic carbocycles. The third-order valence-electron chi connectivity index (χ3n) is 0.962. The van der Waals surface area contributed by atoms with E-state index in [-0.39, 0.29) is 0 Å². The monoisotopic (exact) mass is 120 g/mol. The van der Waals surface area contributed by atoms with Gasteiger partial charge in [-0.25, -0.2) is 9.98 Å². The Morgan fingerprint density at radius 1 is 1.00 bits per heavy atom. The molecule has 2 heteroatoms. The molecule has 2 nitrogen and oxygen atoms in total. The first kappa shape index (κ1) is 6.03. The fourth-order valence-electron chi connectivity index (χ4n) is 0.542. The molecule has 1 rings (SSSR count). The molecule has 0 unspecified atom stereocenters. The summed E-state index contributed by atoms with van der Waals surface area (Å²) in [5, 5.41) is 0. The maximum atomic E-state index is 3.84. The minimum Gasteiger partial charge on any atom is -0.219 e. The average molecular weight is 120 g/mol. The van der Waals surface area contributed by atoms with Crippen LogP contribution >= 0.6 is 0 Å². The largest absolute Gasteiger partial charge is 0.219 e. The molecule has 0 bridgehead atoms. The van der Waals surface area contributed by atoms with Gasteiger partial charge in [-0.05, 0) is 36.7 Å². The average Bonchev–Trinajstić information content (AvgIpc) is 2.00. The first-order chi connectivity index (χ1) is 4.50. The van der Waals surface area contributed by atoms with Crippen molar-refractivity contribution >= 4 is 11.7 Å². The van der Waals surface area contributed by atoms with Crippen LogP contribution in [0.15, 0.2) is 22.1 Å². The van der Waals surface area contributed by atoms with Crippen LogP contribution in [-0.2, 0) is 0 Å². The lowest BCUT2D eigenvalue weighted by Crippen LogP contribution is -1.66. The summed E-state index contributed by atoms with van der Waals surface area (Å²) in [5.41, 5.74) is 0. The summed E-state index contributed by atoms with van der Waals surface area (Å²) >= 11 is 0. The van der Waals surface area contributed by atoms with Crippen LogP contribution in [-0.4, -0.2) is 18.4 Å². The Morgan fingerprint density at radius 3 is 2.11 bits per heavy atom. The van der Waals surface area contributed by atoms with Crippen molar-refractivity contribution in [1.82, 2.24) is 0 Å². The van der Waals surface area contributed by atoms with Gasteiger partial charge in [0.15, 0.2) is 0 Å². The van der Waals surface area contributed by atoms with Crippen molar-refractivity contribution in [2.45, 2.75) is 12.8 Å². The van der Waals surface area contributed by atoms with Crippen LogP contribution in [0.5, 0.6) is 0 Å². The molecule has 0 aromatic carbocycles. The fourth-order valence-corrected chi connectivity index (χ4v) is 0.542. The molecule has 1 aliphatic rings. The van der Waals surface area contributed by atoms with Crippen LogP contribution in [0.1, 0.15) is 12.8 Å². The highest BCUT2D eigenvalue weighted by Gasteiger charge is 1.75. The zero-order chi connectivity index (χ0) is 6.36. The fraction of sp³-hybridized carbons (Fsp3) is 0.429. The van der Waals surface area contributed by atoms with Gasteiger partial charge in [-0.3, -0.25) is 0 Å². The van der Waals surface area contributed by atoms with E-state index < -0.39 is 0 Å². The molecule has 0 saturated carbocycles. The summed E-state index contributed by atoms with van der Waals surface area (Å²) in [4.78, 5) is 7.67. The Balaban J connectivity index is 2.61. The van der Waals surface area contributed by atoms with Crippen LogP contribution < -0.4 is 0 Å². The molecule has 0 aromatic heterocycles. The SMILES string of the molecule is C1=CCCC=C=NCN=1. The molecule has 1 heterocycles. The Kier molecular flexibility index (Phi) is 2.58. The smallest absolute Gasteiger partial charge is 0.148 e. The van der Waals surface area contributed by atoms with Crippen LogP contribution in [0.25, 0.3) is 0 Å². The normalized spacial score (nSPS) is 16.9. The summed E-state index contributed by atoms with van der Waals surface area (Å²) in [6.07, 6.45) is 5.82. The number of rotatable bonds is 0. The second-order valence-corrected chi connectivity index (χ2v) is 1.70. The summed E-state index contributed by atoms with van der Waals surface area (Å²) < 4.78 is 0. The third-order valence-corrected chi connectivity index (χ3v) is 0.962. The number of aliphatic imine (C=N–C) groups is 2. The van der Waals surface area contributed by atoms with Gasteiger partial charge in [0.1, 0.15) is 6.67 Å². The van der Waals surface area contributed by atoms with E-state index in [4.69, 9.17) is 0 Å². The van der Waals surface area contributed by atoms with Gasteiger partial charge in [0.25, 0.3) is 0 Å². The van der Waals surface area contributed by atoms with Gasteiger partial charge in [0, 0.05) is 0 Å². The van der Waals surface area contributed by atoms with Crippen molar-refractivity contribution in [1.29, 1.82) is 0 Å². The molecule has 0 atom stereocenters. The van der Waals surface area contributed by atoms with Crippen molar-refractivity contribution in [3.05, 3.63) is 12.2 Å². The maximum absolute atomic E-state index is 3.84. The lowest BCUT2D eigenvalue weighted by atomic mass is 10.3. The minimum atomic E-state index is 0.465. The van der Waals surface area contributed by atoms with E-state index in [1.54, 1.807) is 0 Å². The van der Waals surface area contributed by atoms with E-state index in [2.05, 4.69) is 21.7 Å². The van der Waals surface area contributed by atoms with Crippen LogP contribution in [0.2, 0.25) is 0 Å². The van der Waals surface area contributed by atoms with E-state index in [9.17, 15) is 0 Å². The molecule has 1 aliphatic heterocycles. The van der Waals surface area contributed by atoms with Crippen LogP contribution in [0.4, 0.5) is 0 Å². The molecule has 0 radical (unpaired) electrons. The van der Waals surface area contributed by atoms with E-state index in [1.165, 1.54) is 0 Å². The van der Waals surface area contributed by atoms with Crippen molar-refractivity contribution in [2.24, 2.45) is 9.98 Å². The molecule has 9 heavy (non-hydrogen) atoms. The number of allylic oxidation sites excluding steroid dienone is 2. The first-order valence-corrected chi connectivity index (χ1v) is 2.97. The molecular formula is C7H8N2. The number of nitrogens with zero attached hydrogens (tertiary/aromatic N) is 2. The molecular weight excluding hydrogens is 112 g/mol. The number of hydrogen-bond acceptors (Lipinski definition) is 2. The van der Waals surface area contributed by atoms with Gasteiger partial charge in [-0.15, -0.1) is 0 Å². The summed E-state index contributed by atoms with van der Waals surface area (Å²) in [6, 6.07) is 0. The zero-order valence-electron chi connectivity index (χ0n) is 5.17. The molecule has 0 N–H and O–H groups in total. The topological polar surface area (TPSA) is 24.7 Å². The van der Waals surface area contributed by atoms with Crippen LogP contribution in [0.3, 0.4) is 0 Å². The van der Waals surface area contributed by atoms with Gasteiger partial charge in [-0.2, -0.15) is 0 Å².